The van der Waals surface area contributed by atoms with Crippen molar-refractivity contribution in [2.24, 2.45) is 0 Å². The van der Waals surface area contributed by atoms with Crippen molar-refractivity contribution in [3.8, 4) is 62.1 Å². The maximum absolute atomic E-state index is 5.08. The van der Waals surface area contributed by atoms with Gasteiger partial charge < -0.3 is 4.57 Å². The van der Waals surface area contributed by atoms with Crippen LogP contribution in [0.2, 0.25) is 0 Å². The summed E-state index contributed by atoms with van der Waals surface area (Å²) < 4.78 is 2.48. The van der Waals surface area contributed by atoms with Gasteiger partial charge in [0.25, 0.3) is 0 Å². The van der Waals surface area contributed by atoms with Crippen molar-refractivity contribution in [1.29, 1.82) is 0 Å². The Hall–Kier alpha value is -6.65. The molecule has 246 valence electrons. The van der Waals surface area contributed by atoms with Crippen molar-refractivity contribution in [2.75, 3.05) is 0 Å². The topological polar surface area (TPSA) is 43.6 Å². The molecule has 0 aliphatic carbocycles. The van der Waals surface area contributed by atoms with Crippen LogP contribution in [0.4, 0.5) is 0 Å². The molecule has 0 amide bonds. The molecular weight excluding hydrogens is 633 g/mol. The molecule has 1 aliphatic rings. The van der Waals surface area contributed by atoms with Gasteiger partial charge >= 0.3 is 0 Å². The summed E-state index contributed by atoms with van der Waals surface area (Å²) in [5.74, 6) is 1.98. The highest BCUT2D eigenvalue weighted by molar-refractivity contribution is 6.14. The van der Waals surface area contributed by atoms with Crippen LogP contribution in [0.1, 0.15) is 25.0 Å². The van der Waals surface area contributed by atoms with Crippen LogP contribution in [0, 0.1) is 0 Å². The molecule has 7 aromatic carbocycles. The number of hydrogen-bond donors (Lipinski definition) is 0. The first-order valence-corrected chi connectivity index (χ1v) is 17.8. The van der Waals surface area contributed by atoms with Crippen LogP contribution >= 0.6 is 0 Å². The molecule has 4 nitrogen and oxygen atoms in total. The van der Waals surface area contributed by atoms with Gasteiger partial charge in [-0.05, 0) is 75.8 Å². The number of aromatic nitrogens is 4. The van der Waals surface area contributed by atoms with Gasteiger partial charge in [-0.15, -0.1) is 0 Å². The standard InChI is InChI=1S/C48H34N4/c1-48(2)40-29-36(47-50-45(33-19-11-5-12-20-33)49-46(51-47)34-21-13-6-14-22-34)24-26-43(40)52-42-25-23-35(31-15-7-3-8-16-31)27-38(42)39-28-37(30-41(48)44(39)52)32-17-9-4-10-18-32/h3-30H,1-2H3. The fourth-order valence-electron chi connectivity index (χ4n) is 7.94. The summed E-state index contributed by atoms with van der Waals surface area (Å²) in [5, 5.41) is 2.52. The highest BCUT2D eigenvalue weighted by Gasteiger charge is 2.36. The van der Waals surface area contributed by atoms with Gasteiger partial charge in [0, 0.05) is 32.9 Å². The number of rotatable bonds is 5. The van der Waals surface area contributed by atoms with E-state index >= 15 is 0 Å². The lowest BCUT2D eigenvalue weighted by Gasteiger charge is -2.35. The van der Waals surface area contributed by atoms with Gasteiger partial charge in [-0.25, -0.2) is 15.0 Å². The molecule has 0 atom stereocenters. The summed E-state index contributed by atoms with van der Waals surface area (Å²) in [7, 11) is 0. The molecule has 52 heavy (non-hydrogen) atoms. The largest absolute Gasteiger partial charge is 0.309 e. The average molecular weight is 667 g/mol. The Morgan fingerprint density at radius 2 is 0.846 bits per heavy atom. The van der Waals surface area contributed by atoms with Crippen molar-refractivity contribution in [2.45, 2.75) is 19.3 Å². The highest BCUT2D eigenvalue weighted by Crippen LogP contribution is 2.50. The fourth-order valence-corrected chi connectivity index (χ4v) is 7.94. The molecule has 2 aromatic heterocycles. The molecular formula is C48H34N4. The van der Waals surface area contributed by atoms with Crippen LogP contribution in [0.15, 0.2) is 170 Å². The zero-order valence-electron chi connectivity index (χ0n) is 29.0. The van der Waals surface area contributed by atoms with Gasteiger partial charge in [-0.2, -0.15) is 0 Å². The van der Waals surface area contributed by atoms with E-state index in [4.69, 9.17) is 15.0 Å². The molecule has 3 heterocycles. The zero-order valence-corrected chi connectivity index (χ0v) is 29.0. The summed E-state index contributed by atoms with van der Waals surface area (Å²) in [6.45, 7) is 4.71. The van der Waals surface area contributed by atoms with Crippen molar-refractivity contribution in [1.82, 2.24) is 19.5 Å². The van der Waals surface area contributed by atoms with E-state index in [0.29, 0.717) is 17.5 Å². The first kappa shape index (κ1) is 30.2. The molecule has 9 aromatic rings. The van der Waals surface area contributed by atoms with E-state index in [0.717, 1.165) is 16.7 Å². The second-order valence-electron chi connectivity index (χ2n) is 14.1. The maximum Gasteiger partial charge on any atom is 0.164 e. The van der Waals surface area contributed by atoms with Crippen LogP contribution in [0.3, 0.4) is 0 Å². The predicted molar refractivity (Wildman–Crippen MR) is 213 cm³/mol. The highest BCUT2D eigenvalue weighted by atomic mass is 15.0. The van der Waals surface area contributed by atoms with Crippen molar-refractivity contribution in [3.05, 3.63) is 181 Å². The second kappa shape index (κ2) is 11.7. The zero-order chi connectivity index (χ0) is 34.8. The molecule has 1 aliphatic heterocycles. The van der Waals surface area contributed by atoms with Crippen LogP contribution in [-0.2, 0) is 5.41 Å². The monoisotopic (exact) mass is 666 g/mol. The second-order valence-corrected chi connectivity index (χ2v) is 14.1. The summed E-state index contributed by atoms with van der Waals surface area (Å²) in [5.41, 5.74) is 13.6. The summed E-state index contributed by atoms with van der Waals surface area (Å²) in [6.07, 6.45) is 0. The van der Waals surface area contributed by atoms with Crippen LogP contribution < -0.4 is 0 Å². The third-order valence-electron chi connectivity index (χ3n) is 10.6. The number of hydrogen-bond acceptors (Lipinski definition) is 3. The lowest BCUT2D eigenvalue weighted by molar-refractivity contribution is 0.630. The summed E-state index contributed by atoms with van der Waals surface area (Å²) in [4.78, 5) is 15.1. The first-order chi connectivity index (χ1) is 25.5. The molecule has 0 saturated carbocycles. The molecule has 0 N–H and O–H groups in total. The Kier molecular flexibility index (Phi) is 6.80. The van der Waals surface area contributed by atoms with E-state index in [1.165, 1.54) is 60.9 Å². The van der Waals surface area contributed by atoms with Crippen molar-refractivity contribution < 1.29 is 0 Å². The molecule has 0 unspecified atom stereocenters. The van der Waals surface area contributed by atoms with Gasteiger partial charge in [-0.1, -0.05) is 141 Å². The van der Waals surface area contributed by atoms with E-state index in [2.05, 4.69) is 152 Å². The number of nitrogens with zero attached hydrogens (tertiary/aromatic N) is 4. The summed E-state index contributed by atoms with van der Waals surface area (Å²) >= 11 is 0. The molecule has 10 rings (SSSR count). The Bertz CT molecular complexity index is 2730. The Morgan fingerprint density at radius 3 is 1.42 bits per heavy atom. The lowest BCUT2D eigenvalue weighted by Crippen LogP contribution is -2.26. The van der Waals surface area contributed by atoms with Gasteiger partial charge in [0.05, 0.1) is 16.7 Å². The van der Waals surface area contributed by atoms with Gasteiger partial charge in [0.2, 0.25) is 0 Å². The summed E-state index contributed by atoms with van der Waals surface area (Å²) in [6, 6.07) is 60.2. The van der Waals surface area contributed by atoms with E-state index in [-0.39, 0.29) is 5.41 Å². The minimum Gasteiger partial charge on any atom is -0.309 e. The Morgan fingerprint density at radius 1 is 0.385 bits per heavy atom. The third kappa shape index (κ3) is 4.79. The van der Waals surface area contributed by atoms with Gasteiger partial charge in [-0.3, -0.25) is 0 Å². The number of benzene rings is 7. The fraction of sp³-hybridized carbons (Fsp3) is 0.0625. The average Bonchev–Trinajstić information content (AvgIpc) is 3.54. The van der Waals surface area contributed by atoms with Gasteiger partial charge in [0.15, 0.2) is 17.5 Å². The number of fused-ring (bicyclic) bond motifs is 5. The van der Waals surface area contributed by atoms with Crippen molar-refractivity contribution >= 4 is 21.8 Å². The van der Waals surface area contributed by atoms with Crippen LogP contribution in [0.5, 0.6) is 0 Å². The lowest BCUT2D eigenvalue weighted by atomic mass is 9.73. The first-order valence-electron chi connectivity index (χ1n) is 17.8. The van der Waals surface area contributed by atoms with Gasteiger partial charge in [0.1, 0.15) is 0 Å². The maximum atomic E-state index is 5.08. The Labute approximate surface area is 302 Å². The molecule has 4 heteroatoms. The van der Waals surface area contributed by atoms with Crippen molar-refractivity contribution in [3.63, 3.8) is 0 Å². The van der Waals surface area contributed by atoms with E-state index in [9.17, 15) is 0 Å². The normalized spacial score (nSPS) is 13.0. The SMILES string of the molecule is CC1(C)c2cc(-c3nc(-c4ccccc4)nc(-c4ccccc4)n3)ccc2-n2c3ccc(-c4ccccc4)cc3c3cc(-c4ccccc4)cc1c32. The molecule has 0 radical (unpaired) electrons. The quantitative estimate of drug-likeness (QED) is 0.184. The van der Waals surface area contributed by atoms with E-state index < -0.39 is 0 Å². The van der Waals surface area contributed by atoms with Crippen LogP contribution in [-0.4, -0.2) is 19.5 Å². The molecule has 0 spiro atoms. The third-order valence-corrected chi connectivity index (χ3v) is 10.6. The minimum absolute atomic E-state index is 0.321. The smallest absolute Gasteiger partial charge is 0.164 e. The minimum atomic E-state index is -0.321. The molecule has 0 bridgehead atoms. The Balaban J connectivity index is 1.22. The van der Waals surface area contributed by atoms with E-state index in [1.54, 1.807) is 0 Å². The molecule has 0 fully saturated rings. The predicted octanol–water partition coefficient (Wildman–Crippen LogP) is 11.9. The molecule has 0 saturated heterocycles. The van der Waals surface area contributed by atoms with Crippen LogP contribution in [0.25, 0.3) is 83.9 Å². The van der Waals surface area contributed by atoms with E-state index in [1.807, 2.05) is 36.4 Å².